The first kappa shape index (κ1) is 18.1. The van der Waals surface area contributed by atoms with Gasteiger partial charge >= 0.3 is 0 Å². The van der Waals surface area contributed by atoms with E-state index in [-0.39, 0.29) is 5.82 Å². The molecular weight excluding hydrogens is 393 g/mol. The number of halogens is 1. The molecule has 0 amide bonds. The number of fused-ring (bicyclic) bond motifs is 2. The topological polar surface area (TPSA) is 95.2 Å². The Morgan fingerprint density at radius 1 is 1.00 bits per heavy atom. The fraction of sp³-hybridized carbons (Fsp3) is 0.217. The van der Waals surface area contributed by atoms with Crippen molar-refractivity contribution in [3.05, 3.63) is 60.2 Å². The van der Waals surface area contributed by atoms with Gasteiger partial charge in [-0.15, -0.1) is 0 Å². The Kier molecular flexibility index (Phi) is 4.24. The highest BCUT2D eigenvalue weighted by Gasteiger charge is 2.20. The number of aromatic amines is 2. The van der Waals surface area contributed by atoms with Crippen molar-refractivity contribution >= 4 is 22.2 Å². The Labute approximate surface area is 177 Å². The molecule has 0 radical (unpaired) electrons. The standard InChI is InChI=1S/C23H20FN7/c24-15-3-1-2-14(12-15)16-8-11-26-22-19(16)28-23(29-22)21-20-18(30-31-21)5-4-17(27-20)13-6-9-25-10-7-13/h1-5,8,11-13,25H,6-7,9-10H2,(H,30,31)(H,26,28,29). The quantitative estimate of drug-likeness (QED) is 0.413. The molecule has 7 nitrogen and oxygen atoms in total. The average Bonchev–Trinajstić information content (AvgIpc) is 3.43. The third-order valence-electron chi connectivity index (χ3n) is 5.94. The van der Waals surface area contributed by atoms with Crippen molar-refractivity contribution in [3.63, 3.8) is 0 Å². The molecule has 0 spiro atoms. The number of nitrogens with zero attached hydrogens (tertiary/aromatic N) is 4. The van der Waals surface area contributed by atoms with Gasteiger partial charge in [0.2, 0.25) is 0 Å². The van der Waals surface area contributed by atoms with Crippen molar-refractivity contribution in [1.82, 2.24) is 35.5 Å². The van der Waals surface area contributed by atoms with Gasteiger partial charge in [0.05, 0.1) is 11.0 Å². The first-order valence-corrected chi connectivity index (χ1v) is 10.4. The lowest BCUT2D eigenvalue weighted by Gasteiger charge is -2.22. The lowest BCUT2D eigenvalue weighted by molar-refractivity contribution is 0.454. The van der Waals surface area contributed by atoms with E-state index in [1.165, 1.54) is 12.1 Å². The summed E-state index contributed by atoms with van der Waals surface area (Å²) >= 11 is 0. The molecule has 6 rings (SSSR count). The van der Waals surface area contributed by atoms with Gasteiger partial charge in [-0.2, -0.15) is 5.10 Å². The third-order valence-corrected chi connectivity index (χ3v) is 5.94. The van der Waals surface area contributed by atoms with E-state index < -0.39 is 0 Å². The monoisotopic (exact) mass is 413 g/mol. The van der Waals surface area contributed by atoms with Crippen LogP contribution in [-0.4, -0.2) is 43.2 Å². The molecule has 1 aliphatic heterocycles. The number of benzene rings is 1. The fourth-order valence-electron chi connectivity index (χ4n) is 4.34. The van der Waals surface area contributed by atoms with E-state index in [0.717, 1.165) is 59.3 Å². The summed E-state index contributed by atoms with van der Waals surface area (Å²) in [5, 5.41) is 10.9. The molecule has 3 N–H and O–H groups in total. The number of nitrogens with one attached hydrogen (secondary N) is 3. The maximum absolute atomic E-state index is 13.8. The number of piperidine rings is 1. The van der Waals surface area contributed by atoms with Gasteiger partial charge in [0.15, 0.2) is 17.2 Å². The number of H-pyrrole nitrogens is 2. The van der Waals surface area contributed by atoms with Crippen LogP contribution in [0.2, 0.25) is 0 Å². The Morgan fingerprint density at radius 3 is 2.77 bits per heavy atom. The van der Waals surface area contributed by atoms with Gasteiger partial charge in [-0.25, -0.2) is 19.3 Å². The van der Waals surface area contributed by atoms with Crippen molar-refractivity contribution in [2.45, 2.75) is 18.8 Å². The van der Waals surface area contributed by atoms with Crippen LogP contribution < -0.4 is 5.32 Å². The second-order valence-corrected chi connectivity index (χ2v) is 7.88. The van der Waals surface area contributed by atoms with Crippen molar-refractivity contribution < 1.29 is 4.39 Å². The van der Waals surface area contributed by atoms with Crippen LogP contribution in [0.1, 0.15) is 24.5 Å². The molecule has 154 valence electrons. The summed E-state index contributed by atoms with van der Waals surface area (Å²) in [6.45, 7) is 2.03. The molecule has 4 aromatic heterocycles. The predicted molar refractivity (Wildman–Crippen MR) is 117 cm³/mol. The molecule has 5 heterocycles. The third kappa shape index (κ3) is 3.16. The lowest BCUT2D eigenvalue weighted by atomic mass is 9.94. The van der Waals surface area contributed by atoms with Gasteiger partial charge in [0, 0.05) is 23.4 Å². The highest BCUT2D eigenvalue weighted by atomic mass is 19.1. The van der Waals surface area contributed by atoms with Gasteiger partial charge in [0.25, 0.3) is 0 Å². The maximum atomic E-state index is 13.8. The Hall–Kier alpha value is -3.65. The van der Waals surface area contributed by atoms with Crippen molar-refractivity contribution in [2.75, 3.05) is 13.1 Å². The number of hydrogen-bond acceptors (Lipinski definition) is 5. The van der Waals surface area contributed by atoms with Crippen molar-refractivity contribution in [2.24, 2.45) is 0 Å². The van der Waals surface area contributed by atoms with Gasteiger partial charge in [-0.05, 0) is 61.8 Å². The van der Waals surface area contributed by atoms with Crippen molar-refractivity contribution in [3.8, 4) is 22.6 Å². The molecule has 31 heavy (non-hydrogen) atoms. The SMILES string of the molecule is Fc1cccc(-c2ccnc3nc(-c4n[nH]c5ccc(C6CCNCC6)nc45)[nH]c23)c1. The van der Waals surface area contributed by atoms with E-state index in [1.54, 1.807) is 12.3 Å². The van der Waals surface area contributed by atoms with Gasteiger partial charge in [-0.1, -0.05) is 12.1 Å². The minimum Gasteiger partial charge on any atom is -0.335 e. The van der Waals surface area contributed by atoms with Crippen LogP contribution in [0.25, 0.3) is 44.8 Å². The van der Waals surface area contributed by atoms with Crippen molar-refractivity contribution in [1.29, 1.82) is 0 Å². The molecule has 0 bridgehead atoms. The summed E-state index contributed by atoms with van der Waals surface area (Å²) in [5.41, 5.74) is 6.32. The second-order valence-electron chi connectivity index (χ2n) is 7.88. The minimum absolute atomic E-state index is 0.282. The zero-order valence-electron chi connectivity index (χ0n) is 16.7. The molecule has 1 saturated heterocycles. The van der Waals surface area contributed by atoms with Gasteiger partial charge in [-0.3, -0.25) is 5.10 Å². The average molecular weight is 413 g/mol. The summed E-state index contributed by atoms with van der Waals surface area (Å²) in [7, 11) is 0. The van der Waals surface area contributed by atoms with Crippen LogP contribution >= 0.6 is 0 Å². The fourth-order valence-corrected chi connectivity index (χ4v) is 4.34. The summed E-state index contributed by atoms with van der Waals surface area (Å²) in [6.07, 6.45) is 3.85. The van der Waals surface area contributed by atoms with Crippen LogP contribution in [0, 0.1) is 5.82 Å². The molecule has 1 aromatic carbocycles. The lowest BCUT2D eigenvalue weighted by Crippen LogP contribution is -2.27. The van der Waals surface area contributed by atoms with E-state index in [9.17, 15) is 4.39 Å². The molecule has 0 atom stereocenters. The van der Waals surface area contributed by atoms with Crippen LogP contribution in [0.15, 0.2) is 48.7 Å². The Bertz CT molecular complexity index is 1400. The van der Waals surface area contributed by atoms with Crippen LogP contribution in [0.5, 0.6) is 0 Å². The molecule has 1 aliphatic rings. The normalized spacial score (nSPS) is 15.1. The summed E-state index contributed by atoms with van der Waals surface area (Å²) in [5.74, 6) is 0.757. The molecule has 8 heteroatoms. The van der Waals surface area contributed by atoms with E-state index in [0.29, 0.717) is 23.1 Å². The van der Waals surface area contributed by atoms with Crippen LogP contribution in [-0.2, 0) is 0 Å². The second kappa shape index (κ2) is 7.24. The van der Waals surface area contributed by atoms with Gasteiger partial charge in [0.1, 0.15) is 11.3 Å². The first-order chi connectivity index (χ1) is 15.3. The Morgan fingerprint density at radius 2 is 1.90 bits per heavy atom. The number of aromatic nitrogens is 6. The Balaban J connectivity index is 1.47. The van der Waals surface area contributed by atoms with E-state index in [4.69, 9.17) is 4.98 Å². The molecule has 5 aromatic rings. The highest BCUT2D eigenvalue weighted by molar-refractivity contribution is 5.94. The molecule has 1 fully saturated rings. The maximum Gasteiger partial charge on any atom is 0.178 e. The van der Waals surface area contributed by atoms with Gasteiger partial charge < -0.3 is 10.3 Å². The van der Waals surface area contributed by atoms with Crippen LogP contribution in [0.3, 0.4) is 0 Å². The predicted octanol–water partition coefficient (Wildman–Crippen LogP) is 4.17. The summed E-state index contributed by atoms with van der Waals surface area (Å²) < 4.78 is 13.8. The zero-order valence-corrected chi connectivity index (χ0v) is 16.7. The zero-order chi connectivity index (χ0) is 20.8. The summed E-state index contributed by atoms with van der Waals surface area (Å²) in [6, 6.07) is 12.5. The minimum atomic E-state index is -0.282. The number of pyridine rings is 2. The molecule has 0 saturated carbocycles. The largest absolute Gasteiger partial charge is 0.335 e. The van der Waals surface area contributed by atoms with E-state index >= 15 is 0 Å². The summed E-state index contributed by atoms with van der Waals surface area (Å²) in [4.78, 5) is 17.3. The molecule has 0 aliphatic carbocycles. The number of rotatable bonds is 3. The van der Waals surface area contributed by atoms with E-state index in [1.807, 2.05) is 18.2 Å². The first-order valence-electron chi connectivity index (χ1n) is 10.4. The number of hydrogen-bond donors (Lipinski definition) is 3. The van der Waals surface area contributed by atoms with Crippen LogP contribution in [0.4, 0.5) is 4.39 Å². The number of imidazole rings is 1. The molecule has 0 unspecified atom stereocenters. The van der Waals surface area contributed by atoms with E-state index in [2.05, 4.69) is 36.5 Å². The molecular formula is C23H20FN7. The smallest absolute Gasteiger partial charge is 0.178 e. The highest BCUT2D eigenvalue weighted by Crippen LogP contribution is 2.31.